The molecular weight excluding hydrogens is 394 g/mol. The molecule has 2 aromatic rings. The molecule has 7 nitrogen and oxygen atoms in total. The molecular formula is C24H33N3O4. The number of amides is 1. The summed E-state index contributed by atoms with van der Waals surface area (Å²) in [6.45, 7) is 7.39. The van der Waals surface area contributed by atoms with Crippen LogP contribution < -0.4 is 5.32 Å². The van der Waals surface area contributed by atoms with E-state index in [2.05, 4.69) is 37.1 Å². The van der Waals surface area contributed by atoms with E-state index >= 15 is 0 Å². The maximum atomic E-state index is 11.8. The number of aromatic amines is 1. The van der Waals surface area contributed by atoms with Gasteiger partial charge in [-0.3, -0.25) is 4.79 Å². The van der Waals surface area contributed by atoms with Crippen molar-refractivity contribution in [2.24, 2.45) is 23.7 Å². The van der Waals surface area contributed by atoms with Gasteiger partial charge >= 0.3 is 5.97 Å². The van der Waals surface area contributed by atoms with Crippen molar-refractivity contribution >= 4 is 22.9 Å². The van der Waals surface area contributed by atoms with Crippen LogP contribution in [0.2, 0.25) is 0 Å². The maximum Gasteiger partial charge on any atom is 0.337 e. The van der Waals surface area contributed by atoms with E-state index < -0.39 is 0 Å². The lowest BCUT2D eigenvalue weighted by molar-refractivity contribution is -0.124. The molecule has 0 spiro atoms. The second-order valence-electron chi connectivity index (χ2n) is 8.76. The summed E-state index contributed by atoms with van der Waals surface area (Å²) in [6.07, 6.45) is 4.19. The fraction of sp³-hybridized carbons (Fsp3) is 0.542. The van der Waals surface area contributed by atoms with Crippen molar-refractivity contribution < 1.29 is 19.1 Å². The third kappa shape index (κ3) is 5.53. The number of esters is 1. The van der Waals surface area contributed by atoms with Gasteiger partial charge in [0, 0.05) is 20.1 Å². The summed E-state index contributed by atoms with van der Waals surface area (Å²) in [5, 5.41) is 3.00. The Labute approximate surface area is 183 Å². The highest BCUT2D eigenvalue weighted by atomic mass is 16.5. The molecule has 0 saturated heterocycles. The number of fused-ring (bicyclic) bond motifs is 1. The van der Waals surface area contributed by atoms with Crippen molar-refractivity contribution in [1.29, 1.82) is 0 Å². The van der Waals surface area contributed by atoms with Crippen LogP contribution in [0.1, 0.15) is 43.4 Å². The number of hydrogen-bond acceptors (Lipinski definition) is 5. The highest BCUT2D eigenvalue weighted by Gasteiger charge is 2.32. The van der Waals surface area contributed by atoms with E-state index in [9.17, 15) is 9.59 Å². The van der Waals surface area contributed by atoms with Crippen LogP contribution in [-0.4, -0.2) is 49.2 Å². The van der Waals surface area contributed by atoms with Gasteiger partial charge in [-0.15, -0.1) is 0 Å². The SMILES string of the molecule is COCC(=O)NC[C@@H]1C=C(C)[C@H](Cc2nc3ccc(C(=O)OC)cc3[nH]2)C[C@H]1C(C)C. The number of hydrogen-bond donors (Lipinski definition) is 2. The Hall–Kier alpha value is -2.67. The third-order valence-electron chi connectivity index (χ3n) is 6.29. The number of H-pyrrole nitrogens is 1. The van der Waals surface area contributed by atoms with Crippen LogP contribution in [0.4, 0.5) is 0 Å². The third-order valence-corrected chi connectivity index (χ3v) is 6.29. The average molecular weight is 428 g/mol. The van der Waals surface area contributed by atoms with Crippen LogP contribution in [0, 0.1) is 23.7 Å². The molecule has 1 aliphatic rings. The van der Waals surface area contributed by atoms with Crippen molar-refractivity contribution in [2.45, 2.75) is 33.6 Å². The number of benzene rings is 1. The normalized spacial score (nSPS) is 21.2. The van der Waals surface area contributed by atoms with Gasteiger partial charge in [-0.1, -0.05) is 25.5 Å². The molecule has 2 N–H and O–H groups in total. The number of ether oxygens (including phenoxy) is 2. The fourth-order valence-corrected chi connectivity index (χ4v) is 4.56. The summed E-state index contributed by atoms with van der Waals surface area (Å²) in [6, 6.07) is 5.37. The molecule has 1 aliphatic carbocycles. The van der Waals surface area contributed by atoms with Crippen LogP contribution in [0.3, 0.4) is 0 Å². The Balaban J connectivity index is 1.74. The van der Waals surface area contributed by atoms with Crippen LogP contribution >= 0.6 is 0 Å². The van der Waals surface area contributed by atoms with Gasteiger partial charge < -0.3 is 19.8 Å². The van der Waals surface area contributed by atoms with E-state index in [1.54, 1.807) is 12.1 Å². The predicted octanol–water partition coefficient (Wildman–Crippen LogP) is 3.51. The lowest BCUT2D eigenvalue weighted by Crippen LogP contribution is -2.38. The van der Waals surface area contributed by atoms with E-state index in [0.29, 0.717) is 35.8 Å². The standard InChI is InChI=1S/C24H33N3O4/c1-14(2)19-9-17(15(3)8-18(19)12-25-23(28)13-30-4)11-22-26-20-7-6-16(24(29)31-5)10-21(20)27-22/h6-8,10,14,17-19H,9,11-13H2,1-5H3,(H,25,28)(H,26,27)/t17-,18-,19-/m0/s1. The predicted molar refractivity (Wildman–Crippen MR) is 120 cm³/mol. The fourth-order valence-electron chi connectivity index (χ4n) is 4.56. The lowest BCUT2D eigenvalue weighted by Gasteiger charge is -2.37. The minimum atomic E-state index is -0.354. The molecule has 0 unspecified atom stereocenters. The van der Waals surface area contributed by atoms with Crippen LogP contribution in [0.15, 0.2) is 29.8 Å². The quantitative estimate of drug-likeness (QED) is 0.497. The molecule has 3 rings (SSSR count). The van der Waals surface area contributed by atoms with E-state index in [1.165, 1.54) is 19.8 Å². The van der Waals surface area contributed by atoms with Crippen molar-refractivity contribution in [2.75, 3.05) is 27.4 Å². The molecule has 1 aromatic carbocycles. The van der Waals surface area contributed by atoms with Gasteiger partial charge in [0.25, 0.3) is 0 Å². The number of carbonyl (C=O) groups is 2. The number of aromatic nitrogens is 2. The largest absolute Gasteiger partial charge is 0.465 e. The lowest BCUT2D eigenvalue weighted by atomic mass is 9.70. The molecule has 1 heterocycles. The Bertz CT molecular complexity index is 963. The number of allylic oxidation sites excluding steroid dienone is 1. The highest BCUT2D eigenvalue weighted by molar-refractivity contribution is 5.93. The second kappa shape index (κ2) is 10.1. The second-order valence-corrected chi connectivity index (χ2v) is 8.76. The van der Waals surface area contributed by atoms with Crippen molar-refractivity contribution in [3.05, 3.63) is 41.2 Å². The molecule has 0 radical (unpaired) electrons. The molecule has 31 heavy (non-hydrogen) atoms. The summed E-state index contributed by atoms with van der Waals surface area (Å²) in [4.78, 5) is 31.7. The number of carbonyl (C=O) groups excluding carboxylic acids is 2. The van der Waals surface area contributed by atoms with E-state index in [-0.39, 0.29) is 18.5 Å². The molecule has 1 aromatic heterocycles. The van der Waals surface area contributed by atoms with Crippen molar-refractivity contribution in [3.8, 4) is 0 Å². The Morgan fingerprint density at radius 2 is 2.06 bits per heavy atom. The first kappa shape index (κ1) is 23.0. The van der Waals surface area contributed by atoms with E-state index in [4.69, 9.17) is 14.5 Å². The van der Waals surface area contributed by atoms with Gasteiger partial charge in [0.2, 0.25) is 5.91 Å². The highest BCUT2D eigenvalue weighted by Crippen LogP contribution is 2.38. The zero-order valence-electron chi connectivity index (χ0n) is 19.0. The number of methoxy groups -OCH3 is 2. The molecule has 7 heteroatoms. The van der Waals surface area contributed by atoms with Gasteiger partial charge in [-0.05, 0) is 55.2 Å². The summed E-state index contributed by atoms with van der Waals surface area (Å²) >= 11 is 0. The monoisotopic (exact) mass is 427 g/mol. The smallest absolute Gasteiger partial charge is 0.337 e. The maximum absolute atomic E-state index is 11.8. The van der Waals surface area contributed by atoms with Gasteiger partial charge in [-0.2, -0.15) is 0 Å². The van der Waals surface area contributed by atoms with Crippen LogP contribution in [0.25, 0.3) is 11.0 Å². The average Bonchev–Trinajstić information content (AvgIpc) is 3.14. The molecule has 0 bridgehead atoms. The number of nitrogens with one attached hydrogen (secondary N) is 2. The minimum Gasteiger partial charge on any atom is -0.465 e. The van der Waals surface area contributed by atoms with Gasteiger partial charge in [0.05, 0.1) is 23.7 Å². The molecule has 3 atom stereocenters. The first-order chi connectivity index (χ1) is 14.8. The van der Waals surface area contributed by atoms with Gasteiger partial charge in [-0.25, -0.2) is 9.78 Å². The van der Waals surface area contributed by atoms with Crippen molar-refractivity contribution in [3.63, 3.8) is 0 Å². The summed E-state index contributed by atoms with van der Waals surface area (Å²) in [7, 11) is 2.91. The molecule has 0 aliphatic heterocycles. The Morgan fingerprint density at radius 1 is 1.29 bits per heavy atom. The number of rotatable bonds is 8. The Morgan fingerprint density at radius 3 is 2.74 bits per heavy atom. The topological polar surface area (TPSA) is 93.3 Å². The van der Waals surface area contributed by atoms with E-state index in [0.717, 1.165) is 29.7 Å². The molecule has 1 amide bonds. The number of imidazole rings is 1. The summed E-state index contributed by atoms with van der Waals surface area (Å²) < 4.78 is 9.72. The summed E-state index contributed by atoms with van der Waals surface area (Å²) in [5.74, 6) is 2.18. The Kier molecular flexibility index (Phi) is 7.49. The van der Waals surface area contributed by atoms with Crippen molar-refractivity contribution in [1.82, 2.24) is 15.3 Å². The van der Waals surface area contributed by atoms with Gasteiger partial charge in [0.1, 0.15) is 12.4 Å². The zero-order valence-corrected chi connectivity index (χ0v) is 19.0. The first-order valence-corrected chi connectivity index (χ1v) is 10.8. The van der Waals surface area contributed by atoms with E-state index in [1.807, 2.05) is 6.07 Å². The number of nitrogens with zero attached hydrogens (tertiary/aromatic N) is 1. The molecule has 0 fully saturated rings. The van der Waals surface area contributed by atoms with Gasteiger partial charge in [0.15, 0.2) is 0 Å². The van der Waals surface area contributed by atoms with Crippen LogP contribution in [0.5, 0.6) is 0 Å². The summed E-state index contributed by atoms with van der Waals surface area (Å²) in [5.41, 5.74) is 3.53. The molecule has 168 valence electrons. The molecule has 0 saturated carbocycles. The van der Waals surface area contributed by atoms with Crippen LogP contribution in [-0.2, 0) is 20.7 Å². The minimum absolute atomic E-state index is 0.0771. The zero-order chi connectivity index (χ0) is 22.5. The first-order valence-electron chi connectivity index (χ1n) is 10.8.